The molecule has 79 valence electrons. The molecular weight excluding hydrogens is 194 g/mol. The molecule has 0 aliphatic carbocycles. The number of hydrogen-bond donors (Lipinski definition) is 0. The summed E-state index contributed by atoms with van der Waals surface area (Å²) >= 11 is 0. The highest BCUT2D eigenvalue weighted by molar-refractivity contribution is 5.80. The van der Waals surface area contributed by atoms with Crippen molar-refractivity contribution in [3.05, 3.63) is 18.5 Å². The smallest absolute Gasteiger partial charge is 0.230 e. The maximum atomic E-state index is 11.7. The highest BCUT2D eigenvalue weighted by Crippen LogP contribution is 2.24. The molecule has 3 rings (SSSR count). The van der Waals surface area contributed by atoms with Gasteiger partial charge in [0.2, 0.25) is 5.91 Å². The molecule has 2 saturated heterocycles. The van der Waals surface area contributed by atoms with Crippen molar-refractivity contribution >= 4 is 5.91 Å². The molecule has 2 fully saturated rings. The number of aromatic nitrogens is 2. The van der Waals surface area contributed by atoms with Crippen molar-refractivity contribution in [3.63, 3.8) is 0 Å². The van der Waals surface area contributed by atoms with Crippen LogP contribution in [0.3, 0.4) is 0 Å². The first-order valence-corrected chi connectivity index (χ1v) is 5.11. The van der Waals surface area contributed by atoms with Crippen LogP contribution < -0.4 is 0 Å². The molecular formula is C10H12N3O2. The Hall–Kier alpha value is -1.36. The first kappa shape index (κ1) is 8.91. The van der Waals surface area contributed by atoms with Gasteiger partial charge in [0.15, 0.2) is 0 Å². The second-order valence-electron chi connectivity index (χ2n) is 4.05. The third-order valence-electron chi connectivity index (χ3n) is 3.01. The molecule has 1 aromatic rings. The Bertz CT molecular complexity index is 353. The quantitative estimate of drug-likeness (QED) is 0.668. The second kappa shape index (κ2) is 3.34. The Kier molecular flexibility index (Phi) is 1.98. The number of nitrogens with zero attached hydrogens (tertiary/aromatic N) is 3. The number of carbonyl (C=O) groups is 1. The molecule has 0 aromatic carbocycles. The van der Waals surface area contributed by atoms with E-state index < -0.39 is 0 Å². The number of ether oxygens (including phenoxy) is 1. The summed E-state index contributed by atoms with van der Waals surface area (Å²) in [4.78, 5) is 13.6. The summed E-state index contributed by atoms with van der Waals surface area (Å²) in [6.07, 6.45) is 3.46. The van der Waals surface area contributed by atoms with Crippen molar-refractivity contribution in [2.24, 2.45) is 5.92 Å². The SMILES string of the molecule is O=C(C1COC1)N1CC(n2c[c]cn2)C1. The third kappa shape index (κ3) is 1.43. The maximum Gasteiger partial charge on any atom is 0.230 e. The van der Waals surface area contributed by atoms with Crippen molar-refractivity contribution in [1.29, 1.82) is 0 Å². The van der Waals surface area contributed by atoms with Crippen LogP contribution in [0.1, 0.15) is 6.04 Å². The van der Waals surface area contributed by atoms with E-state index in [1.54, 1.807) is 6.20 Å². The van der Waals surface area contributed by atoms with Crippen molar-refractivity contribution in [3.8, 4) is 0 Å². The fourth-order valence-corrected chi connectivity index (χ4v) is 1.88. The van der Waals surface area contributed by atoms with Gasteiger partial charge in [-0.25, -0.2) is 0 Å². The van der Waals surface area contributed by atoms with E-state index >= 15 is 0 Å². The summed E-state index contributed by atoms with van der Waals surface area (Å²) in [5.74, 6) is 0.337. The second-order valence-corrected chi connectivity index (χ2v) is 4.05. The van der Waals surface area contributed by atoms with Gasteiger partial charge in [-0.3, -0.25) is 9.48 Å². The van der Waals surface area contributed by atoms with Crippen LogP contribution in [0.25, 0.3) is 0 Å². The number of carbonyl (C=O) groups excluding carboxylic acids is 1. The maximum absolute atomic E-state index is 11.7. The van der Waals surface area contributed by atoms with Crippen molar-refractivity contribution in [1.82, 2.24) is 14.7 Å². The van der Waals surface area contributed by atoms with E-state index in [2.05, 4.69) is 11.2 Å². The summed E-state index contributed by atoms with van der Waals surface area (Å²) in [5.41, 5.74) is 0. The number of amides is 1. The van der Waals surface area contributed by atoms with Crippen LogP contribution in [0, 0.1) is 12.0 Å². The zero-order chi connectivity index (χ0) is 10.3. The van der Waals surface area contributed by atoms with Crippen LogP contribution in [0.5, 0.6) is 0 Å². The number of likely N-dealkylation sites (tertiary alicyclic amines) is 1. The molecule has 3 heterocycles. The van der Waals surface area contributed by atoms with Crippen molar-refractivity contribution in [2.75, 3.05) is 26.3 Å². The molecule has 0 bridgehead atoms. The molecule has 2 aliphatic rings. The minimum absolute atomic E-state index is 0.107. The standard InChI is InChI=1S/C10H12N3O2/c14-10(8-6-15-7-8)12-4-9(5-12)13-3-1-2-11-13/h2-3,8-9H,4-7H2. The van der Waals surface area contributed by atoms with Gasteiger partial charge in [-0.15, -0.1) is 0 Å². The Labute approximate surface area is 87.6 Å². The van der Waals surface area contributed by atoms with E-state index in [0.717, 1.165) is 13.1 Å². The fourth-order valence-electron chi connectivity index (χ4n) is 1.88. The Balaban J connectivity index is 1.55. The summed E-state index contributed by atoms with van der Waals surface area (Å²) in [6, 6.07) is 3.23. The average Bonchev–Trinajstić information content (AvgIpc) is 2.50. The number of hydrogen-bond acceptors (Lipinski definition) is 3. The van der Waals surface area contributed by atoms with Crippen LogP contribution in [0.2, 0.25) is 0 Å². The largest absolute Gasteiger partial charge is 0.380 e. The first-order valence-electron chi connectivity index (χ1n) is 5.11. The molecule has 1 aromatic heterocycles. The van der Waals surface area contributed by atoms with Crippen molar-refractivity contribution in [2.45, 2.75) is 6.04 Å². The molecule has 15 heavy (non-hydrogen) atoms. The van der Waals surface area contributed by atoms with E-state index in [1.165, 1.54) is 0 Å². The van der Waals surface area contributed by atoms with Gasteiger partial charge in [0.05, 0.1) is 31.4 Å². The molecule has 5 heteroatoms. The lowest BCUT2D eigenvalue weighted by Gasteiger charge is -2.42. The molecule has 1 amide bonds. The van der Waals surface area contributed by atoms with E-state index in [-0.39, 0.29) is 11.8 Å². The van der Waals surface area contributed by atoms with E-state index in [4.69, 9.17) is 4.74 Å². The van der Waals surface area contributed by atoms with E-state index in [9.17, 15) is 4.79 Å². The van der Waals surface area contributed by atoms with Gasteiger partial charge in [-0.1, -0.05) is 0 Å². The molecule has 0 spiro atoms. The van der Waals surface area contributed by atoms with Gasteiger partial charge in [0, 0.05) is 25.4 Å². The van der Waals surface area contributed by atoms with Crippen LogP contribution in [0.4, 0.5) is 0 Å². The van der Waals surface area contributed by atoms with E-state index in [0.29, 0.717) is 19.3 Å². The van der Waals surface area contributed by atoms with Gasteiger partial charge < -0.3 is 9.64 Å². The summed E-state index contributed by atoms with van der Waals surface area (Å²) < 4.78 is 6.87. The minimum Gasteiger partial charge on any atom is -0.380 e. The van der Waals surface area contributed by atoms with Crippen molar-refractivity contribution < 1.29 is 9.53 Å². The molecule has 0 atom stereocenters. The van der Waals surface area contributed by atoms with Gasteiger partial charge in [0.1, 0.15) is 0 Å². The zero-order valence-corrected chi connectivity index (χ0v) is 8.30. The van der Waals surface area contributed by atoms with E-state index in [1.807, 2.05) is 15.8 Å². The lowest BCUT2D eigenvalue weighted by atomic mass is 10.0. The molecule has 0 unspecified atom stereocenters. The van der Waals surface area contributed by atoms with Crippen LogP contribution >= 0.6 is 0 Å². The fraction of sp³-hybridized carbons (Fsp3) is 0.600. The lowest BCUT2D eigenvalue weighted by Crippen LogP contribution is -2.55. The zero-order valence-electron chi connectivity index (χ0n) is 8.30. The lowest BCUT2D eigenvalue weighted by molar-refractivity contribution is -0.155. The predicted molar refractivity (Wildman–Crippen MR) is 51.0 cm³/mol. The Morgan fingerprint density at radius 3 is 2.80 bits per heavy atom. The summed E-state index contributed by atoms with van der Waals surface area (Å²) in [6.45, 7) is 2.72. The number of rotatable bonds is 2. The van der Waals surface area contributed by atoms with Gasteiger partial charge in [-0.05, 0) is 0 Å². The summed E-state index contributed by atoms with van der Waals surface area (Å²) in [7, 11) is 0. The first-order chi connectivity index (χ1) is 7.34. The monoisotopic (exact) mass is 206 g/mol. The summed E-state index contributed by atoms with van der Waals surface area (Å²) in [5, 5.41) is 4.11. The Morgan fingerprint density at radius 2 is 2.27 bits per heavy atom. The average molecular weight is 206 g/mol. The van der Waals surface area contributed by atoms with Gasteiger partial charge >= 0.3 is 0 Å². The normalized spacial score (nSPS) is 22.3. The predicted octanol–water partition coefficient (Wildman–Crippen LogP) is -0.287. The minimum atomic E-state index is 0.107. The van der Waals surface area contributed by atoms with Gasteiger partial charge in [-0.2, -0.15) is 5.10 Å². The highest BCUT2D eigenvalue weighted by atomic mass is 16.5. The van der Waals surface area contributed by atoms with Crippen LogP contribution in [-0.2, 0) is 9.53 Å². The molecule has 0 N–H and O–H groups in total. The topological polar surface area (TPSA) is 47.4 Å². The van der Waals surface area contributed by atoms with Gasteiger partial charge in [0.25, 0.3) is 0 Å². The molecule has 1 radical (unpaired) electrons. The highest BCUT2D eigenvalue weighted by Gasteiger charge is 2.38. The molecule has 0 saturated carbocycles. The van der Waals surface area contributed by atoms with Crippen LogP contribution in [-0.4, -0.2) is 46.9 Å². The molecule has 2 aliphatic heterocycles. The molecule has 5 nitrogen and oxygen atoms in total. The Morgan fingerprint density at radius 1 is 1.47 bits per heavy atom. The van der Waals surface area contributed by atoms with Crippen LogP contribution in [0.15, 0.2) is 12.4 Å². The third-order valence-corrected chi connectivity index (χ3v) is 3.01.